The fourth-order valence-electron chi connectivity index (χ4n) is 2.42. The molecule has 0 aliphatic rings. The number of nitrogens with zero attached hydrogens (tertiary/aromatic N) is 1. The molecule has 26 heavy (non-hydrogen) atoms. The van der Waals surface area contributed by atoms with Gasteiger partial charge in [0.25, 0.3) is 0 Å². The van der Waals surface area contributed by atoms with Crippen molar-refractivity contribution in [2.45, 2.75) is 19.9 Å². The molecule has 2 aromatic rings. The second kappa shape index (κ2) is 8.29. The van der Waals surface area contributed by atoms with Crippen molar-refractivity contribution in [2.24, 2.45) is 0 Å². The number of sulfonamides is 1. The van der Waals surface area contributed by atoms with Crippen molar-refractivity contribution < 1.29 is 13.2 Å². The molecular weight excluding hydrogens is 395 g/mol. The lowest BCUT2D eigenvalue weighted by Gasteiger charge is -2.24. The second-order valence-electron chi connectivity index (χ2n) is 6.04. The minimum Gasteiger partial charge on any atom is -0.348 e. The number of benzene rings is 2. The molecule has 0 saturated heterocycles. The molecule has 140 valence electrons. The van der Waals surface area contributed by atoms with E-state index in [4.69, 9.17) is 23.2 Å². The Morgan fingerprint density at radius 2 is 1.77 bits per heavy atom. The van der Waals surface area contributed by atoms with E-state index in [0.717, 1.165) is 21.7 Å². The number of aryl methyl sites for hydroxylation is 1. The molecule has 0 spiro atoms. The number of anilines is 1. The fourth-order valence-corrected chi connectivity index (χ4v) is 3.73. The van der Waals surface area contributed by atoms with Crippen molar-refractivity contribution in [1.29, 1.82) is 0 Å². The molecule has 0 aliphatic carbocycles. The molecule has 0 bridgehead atoms. The Morgan fingerprint density at radius 1 is 1.15 bits per heavy atom. The number of carbonyl (C=O) groups is 1. The molecule has 2 aromatic carbocycles. The minimum absolute atomic E-state index is 0.0824. The van der Waals surface area contributed by atoms with Crippen LogP contribution in [0, 0.1) is 6.92 Å². The van der Waals surface area contributed by atoms with Gasteiger partial charge in [0.05, 0.1) is 28.0 Å². The molecule has 0 heterocycles. The predicted octanol–water partition coefficient (Wildman–Crippen LogP) is 3.95. The van der Waals surface area contributed by atoms with Crippen LogP contribution in [0.5, 0.6) is 0 Å². The van der Waals surface area contributed by atoms with Gasteiger partial charge in [-0.25, -0.2) is 8.42 Å². The average Bonchev–Trinajstić information content (AvgIpc) is 2.55. The summed E-state index contributed by atoms with van der Waals surface area (Å²) >= 11 is 12.1. The summed E-state index contributed by atoms with van der Waals surface area (Å²) in [6, 6.07) is 12.1. The van der Waals surface area contributed by atoms with E-state index in [-0.39, 0.29) is 21.8 Å². The summed E-state index contributed by atoms with van der Waals surface area (Å²) in [5.41, 5.74) is 2.21. The third kappa shape index (κ3) is 5.13. The third-order valence-electron chi connectivity index (χ3n) is 3.84. The van der Waals surface area contributed by atoms with Crippen molar-refractivity contribution in [2.75, 3.05) is 17.1 Å². The normalized spacial score (nSPS) is 12.5. The van der Waals surface area contributed by atoms with Crippen LogP contribution >= 0.6 is 23.2 Å². The van der Waals surface area contributed by atoms with Crippen molar-refractivity contribution in [1.82, 2.24) is 5.32 Å². The SMILES string of the molecule is Cc1ccc([C@H](C)NC(=O)CN(c2cccc(Cl)c2Cl)S(C)(=O)=O)cc1. The zero-order chi connectivity index (χ0) is 19.5. The molecule has 0 radical (unpaired) electrons. The lowest BCUT2D eigenvalue weighted by molar-refractivity contribution is -0.120. The summed E-state index contributed by atoms with van der Waals surface area (Å²) in [6.45, 7) is 3.42. The van der Waals surface area contributed by atoms with Gasteiger partial charge >= 0.3 is 0 Å². The van der Waals surface area contributed by atoms with E-state index in [2.05, 4.69) is 5.32 Å². The van der Waals surface area contributed by atoms with Crippen molar-refractivity contribution in [3.05, 3.63) is 63.6 Å². The summed E-state index contributed by atoms with van der Waals surface area (Å²) < 4.78 is 25.3. The number of halogens is 2. The van der Waals surface area contributed by atoms with Gasteiger partial charge in [-0.15, -0.1) is 0 Å². The molecule has 2 rings (SSSR count). The highest BCUT2D eigenvalue weighted by atomic mass is 35.5. The van der Waals surface area contributed by atoms with Crippen LogP contribution in [0.15, 0.2) is 42.5 Å². The van der Waals surface area contributed by atoms with Crippen LogP contribution in [0.2, 0.25) is 10.0 Å². The highest BCUT2D eigenvalue weighted by Gasteiger charge is 2.24. The third-order valence-corrected chi connectivity index (χ3v) is 5.78. The highest BCUT2D eigenvalue weighted by molar-refractivity contribution is 7.92. The van der Waals surface area contributed by atoms with Gasteiger partial charge in [0.2, 0.25) is 15.9 Å². The van der Waals surface area contributed by atoms with Crippen LogP contribution in [0.1, 0.15) is 24.1 Å². The van der Waals surface area contributed by atoms with Crippen LogP contribution in [0.25, 0.3) is 0 Å². The number of amides is 1. The van der Waals surface area contributed by atoms with Gasteiger partial charge in [-0.05, 0) is 31.5 Å². The molecule has 0 aliphatic heterocycles. The second-order valence-corrected chi connectivity index (χ2v) is 8.73. The summed E-state index contributed by atoms with van der Waals surface area (Å²) in [6.07, 6.45) is 1.01. The summed E-state index contributed by atoms with van der Waals surface area (Å²) in [4.78, 5) is 12.4. The van der Waals surface area contributed by atoms with Crippen LogP contribution < -0.4 is 9.62 Å². The topological polar surface area (TPSA) is 66.5 Å². The van der Waals surface area contributed by atoms with Crippen LogP contribution in [0.3, 0.4) is 0 Å². The zero-order valence-electron chi connectivity index (χ0n) is 14.7. The Kier molecular flexibility index (Phi) is 6.55. The van der Waals surface area contributed by atoms with Gasteiger partial charge < -0.3 is 5.32 Å². The lowest BCUT2D eigenvalue weighted by Crippen LogP contribution is -2.41. The zero-order valence-corrected chi connectivity index (χ0v) is 17.0. The largest absolute Gasteiger partial charge is 0.348 e. The molecule has 0 saturated carbocycles. The van der Waals surface area contributed by atoms with Gasteiger partial charge in [-0.1, -0.05) is 59.1 Å². The van der Waals surface area contributed by atoms with E-state index < -0.39 is 22.5 Å². The van der Waals surface area contributed by atoms with E-state index in [1.165, 1.54) is 6.07 Å². The van der Waals surface area contributed by atoms with Crippen molar-refractivity contribution in [3.63, 3.8) is 0 Å². The molecule has 0 fully saturated rings. The smallest absolute Gasteiger partial charge is 0.241 e. The summed E-state index contributed by atoms with van der Waals surface area (Å²) in [5.74, 6) is -0.445. The molecule has 5 nitrogen and oxygen atoms in total. The Bertz CT molecular complexity index is 899. The molecular formula is C18H20Cl2N2O3S. The van der Waals surface area contributed by atoms with Gasteiger partial charge in [-0.3, -0.25) is 9.10 Å². The maximum atomic E-state index is 12.4. The molecule has 1 amide bonds. The van der Waals surface area contributed by atoms with E-state index in [1.54, 1.807) is 12.1 Å². The number of rotatable bonds is 6. The van der Waals surface area contributed by atoms with Gasteiger partial charge in [-0.2, -0.15) is 0 Å². The predicted molar refractivity (Wildman–Crippen MR) is 106 cm³/mol. The van der Waals surface area contributed by atoms with Gasteiger partial charge in [0, 0.05) is 0 Å². The number of carbonyl (C=O) groups excluding carboxylic acids is 1. The van der Waals surface area contributed by atoms with Crippen molar-refractivity contribution in [3.8, 4) is 0 Å². The first kappa shape index (κ1) is 20.6. The Morgan fingerprint density at radius 3 is 2.35 bits per heavy atom. The van der Waals surface area contributed by atoms with E-state index in [9.17, 15) is 13.2 Å². The lowest BCUT2D eigenvalue weighted by atomic mass is 10.1. The van der Waals surface area contributed by atoms with E-state index in [0.29, 0.717) is 0 Å². The Labute approximate surface area is 164 Å². The molecule has 0 unspecified atom stereocenters. The van der Waals surface area contributed by atoms with Crippen LogP contribution in [0.4, 0.5) is 5.69 Å². The molecule has 1 atom stereocenters. The van der Waals surface area contributed by atoms with Gasteiger partial charge in [0.1, 0.15) is 6.54 Å². The standard InChI is InChI=1S/C18H20Cl2N2O3S/c1-12-7-9-14(10-8-12)13(2)21-17(23)11-22(26(3,24)25)16-6-4-5-15(19)18(16)20/h4-10,13H,11H2,1-3H3,(H,21,23)/t13-/m0/s1. The minimum atomic E-state index is -3.73. The van der Waals surface area contributed by atoms with E-state index in [1.807, 2.05) is 38.1 Å². The Balaban J connectivity index is 2.19. The monoisotopic (exact) mass is 414 g/mol. The number of hydrogen-bond acceptors (Lipinski definition) is 3. The quantitative estimate of drug-likeness (QED) is 0.777. The summed E-state index contributed by atoms with van der Waals surface area (Å²) in [5, 5.41) is 3.10. The van der Waals surface area contributed by atoms with Gasteiger partial charge in [0.15, 0.2) is 0 Å². The maximum absolute atomic E-state index is 12.4. The summed E-state index contributed by atoms with van der Waals surface area (Å²) in [7, 11) is -3.73. The van der Waals surface area contributed by atoms with E-state index >= 15 is 0 Å². The first-order valence-electron chi connectivity index (χ1n) is 7.87. The molecule has 8 heteroatoms. The highest BCUT2D eigenvalue weighted by Crippen LogP contribution is 2.33. The fraction of sp³-hybridized carbons (Fsp3) is 0.278. The first-order valence-corrected chi connectivity index (χ1v) is 10.5. The van der Waals surface area contributed by atoms with Crippen molar-refractivity contribution >= 4 is 44.8 Å². The molecule has 1 N–H and O–H groups in total. The van der Waals surface area contributed by atoms with Crippen LogP contribution in [-0.2, 0) is 14.8 Å². The number of hydrogen-bond donors (Lipinski definition) is 1. The Hall–Kier alpha value is -1.76. The first-order chi connectivity index (χ1) is 12.1. The average molecular weight is 415 g/mol. The van der Waals surface area contributed by atoms with Crippen LogP contribution in [-0.4, -0.2) is 27.1 Å². The maximum Gasteiger partial charge on any atom is 0.241 e. The number of nitrogens with one attached hydrogen (secondary N) is 1. The molecule has 0 aromatic heterocycles.